The highest BCUT2D eigenvalue weighted by molar-refractivity contribution is 5.87. The van der Waals surface area contributed by atoms with E-state index in [1.165, 1.54) is 5.56 Å². The van der Waals surface area contributed by atoms with Gasteiger partial charge in [0.2, 0.25) is 0 Å². The Bertz CT molecular complexity index is 368. The molecule has 0 aromatic heterocycles. The van der Waals surface area contributed by atoms with Crippen LogP contribution < -0.4 is 0 Å². The number of nitrogens with zero attached hydrogens (tertiary/aromatic N) is 1. The number of rotatable bonds is 6. The second-order valence-corrected chi connectivity index (χ2v) is 3.63. The van der Waals surface area contributed by atoms with Gasteiger partial charge in [-0.15, -0.1) is 6.58 Å². The average molecular weight is 215 g/mol. The first-order valence-corrected chi connectivity index (χ1v) is 5.30. The van der Waals surface area contributed by atoms with Crippen molar-refractivity contribution in [2.24, 2.45) is 0 Å². The molecule has 2 nitrogen and oxygen atoms in total. The third-order valence-electron chi connectivity index (χ3n) is 2.11. The normalized spacial score (nSPS) is 10.3. The van der Waals surface area contributed by atoms with Crippen molar-refractivity contribution in [2.45, 2.75) is 13.5 Å². The predicted molar refractivity (Wildman–Crippen MR) is 66.9 cm³/mol. The summed E-state index contributed by atoms with van der Waals surface area (Å²) in [5.74, 6) is 0.0575. The van der Waals surface area contributed by atoms with Crippen LogP contribution in [-0.4, -0.2) is 17.2 Å². The molecule has 0 bridgehead atoms. The van der Waals surface area contributed by atoms with E-state index < -0.39 is 0 Å². The molecule has 0 atom stereocenters. The van der Waals surface area contributed by atoms with Gasteiger partial charge in [0.15, 0.2) is 5.78 Å². The zero-order valence-electron chi connectivity index (χ0n) is 9.60. The Balaban J connectivity index is 2.64. The second kappa shape index (κ2) is 6.62. The summed E-state index contributed by atoms with van der Waals surface area (Å²) < 4.78 is 0. The van der Waals surface area contributed by atoms with E-state index in [0.29, 0.717) is 0 Å². The summed E-state index contributed by atoms with van der Waals surface area (Å²) in [5.41, 5.74) is 1.22. The molecular formula is C14H17NO. The fourth-order valence-electron chi connectivity index (χ4n) is 1.37. The van der Waals surface area contributed by atoms with E-state index in [9.17, 15) is 4.79 Å². The number of carbonyl (C=O) groups is 1. The van der Waals surface area contributed by atoms with Crippen LogP contribution in [0.1, 0.15) is 12.5 Å². The van der Waals surface area contributed by atoms with E-state index in [1.807, 2.05) is 35.4 Å². The molecule has 1 aromatic rings. The molecule has 0 unspecified atom stereocenters. The molecule has 0 aliphatic carbocycles. The maximum atomic E-state index is 10.9. The molecule has 0 saturated carbocycles. The van der Waals surface area contributed by atoms with Gasteiger partial charge in [-0.05, 0) is 18.6 Å². The summed E-state index contributed by atoms with van der Waals surface area (Å²) >= 11 is 0. The van der Waals surface area contributed by atoms with Gasteiger partial charge in [-0.2, -0.15) is 0 Å². The lowest BCUT2D eigenvalue weighted by molar-refractivity contribution is -0.112. The summed E-state index contributed by atoms with van der Waals surface area (Å²) in [5, 5.41) is 0. The first-order valence-electron chi connectivity index (χ1n) is 5.30. The summed E-state index contributed by atoms with van der Waals surface area (Å²) in [4.78, 5) is 12.9. The van der Waals surface area contributed by atoms with Crippen LogP contribution >= 0.6 is 0 Å². The Morgan fingerprint density at radius 2 is 2.06 bits per heavy atom. The molecule has 0 amide bonds. The molecule has 0 heterocycles. The zero-order valence-corrected chi connectivity index (χ0v) is 9.60. The Kier molecular flexibility index (Phi) is 5.06. The molecule has 0 spiro atoms. The molecule has 84 valence electrons. The van der Waals surface area contributed by atoms with Crippen LogP contribution in [0, 0.1) is 0 Å². The van der Waals surface area contributed by atoms with Gasteiger partial charge < -0.3 is 4.90 Å². The number of hydrogen-bond donors (Lipinski definition) is 0. The van der Waals surface area contributed by atoms with E-state index in [4.69, 9.17) is 0 Å². The minimum atomic E-state index is 0.0575. The van der Waals surface area contributed by atoms with Crippen LogP contribution in [0.2, 0.25) is 0 Å². The molecule has 0 N–H and O–H groups in total. The highest BCUT2D eigenvalue weighted by Gasteiger charge is 1.98. The SMILES string of the molecule is C=CCN(/C=C/C(C)=O)Cc1ccccc1. The molecular weight excluding hydrogens is 198 g/mol. The van der Waals surface area contributed by atoms with E-state index in [2.05, 4.69) is 18.7 Å². The van der Waals surface area contributed by atoms with Crippen molar-refractivity contribution in [3.63, 3.8) is 0 Å². The number of carbonyl (C=O) groups excluding carboxylic acids is 1. The highest BCUT2D eigenvalue weighted by Crippen LogP contribution is 2.04. The Hall–Kier alpha value is -1.83. The number of hydrogen-bond acceptors (Lipinski definition) is 2. The fraction of sp³-hybridized carbons (Fsp3) is 0.214. The van der Waals surface area contributed by atoms with Crippen molar-refractivity contribution in [1.82, 2.24) is 4.90 Å². The van der Waals surface area contributed by atoms with Crippen molar-refractivity contribution in [2.75, 3.05) is 6.54 Å². The van der Waals surface area contributed by atoms with E-state index in [-0.39, 0.29) is 5.78 Å². The summed E-state index contributed by atoms with van der Waals surface area (Å²) in [7, 11) is 0. The van der Waals surface area contributed by atoms with Crippen molar-refractivity contribution in [3.05, 3.63) is 60.8 Å². The second-order valence-electron chi connectivity index (χ2n) is 3.63. The maximum absolute atomic E-state index is 10.9. The lowest BCUT2D eigenvalue weighted by Crippen LogP contribution is -2.16. The van der Waals surface area contributed by atoms with Gasteiger partial charge in [-0.3, -0.25) is 4.79 Å². The fourth-order valence-corrected chi connectivity index (χ4v) is 1.37. The van der Waals surface area contributed by atoms with Crippen LogP contribution in [0.4, 0.5) is 0 Å². The minimum Gasteiger partial charge on any atom is -0.369 e. The van der Waals surface area contributed by atoms with Gasteiger partial charge in [0.25, 0.3) is 0 Å². The first kappa shape index (κ1) is 12.2. The van der Waals surface area contributed by atoms with Crippen LogP contribution in [0.5, 0.6) is 0 Å². The maximum Gasteiger partial charge on any atom is 0.154 e. The highest BCUT2D eigenvalue weighted by atomic mass is 16.1. The van der Waals surface area contributed by atoms with Gasteiger partial charge in [-0.1, -0.05) is 36.4 Å². The third-order valence-corrected chi connectivity index (χ3v) is 2.11. The van der Waals surface area contributed by atoms with Crippen molar-refractivity contribution >= 4 is 5.78 Å². The molecule has 1 aromatic carbocycles. The third kappa shape index (κ3) is 4.60. The van der Waals surface area contributed by atoms with Crippen LogP contribution in [0.15, 0.2) is 55.3 Å². The average Bonchev–Trinajstić information content (AvgIpc) is 2.27. The topological polar surface area (TPSA) is 20.3 Å². The lowest BCUT2D eigenvalue weighted by Gasteiger charge is -2.18. The molecule has 2 heteroatoms. The number of allylic oxidation sites excluding steroid dienone is 1. The van der Waals surface area contributed by atoms with Crippen molar-refractivity contribution < 1.29 is 4.79 Å². The van der Waals surface area contributed by atoms with Gasteiger partial charge in [0.1, 0.15) is 0 Å². The molecule has 0 aliphatic rings. The Morgan fingerprint density at radius 3 is 2.62 bits per heavy atom. The zero-order chi connectivity index (χ0) is 11.8. The van der Waals surface area contributed by atoms with Crippen molar-refractivity contribution in [1.29, 1.82) is 0 Å². The Labute approximate surface area is 96.9 Å². The van der Waals surface area contributed by atoms with E-state index in [1.54, 1.807) is 13.0 Å². The largest absolute Gasteiger partial charge is 0.369 e. The lowest BCUT2D eigenvalue weighted by atomic mass is 10.2. The number of ketones is 1. The van der Waals surface area contributed by atoms with Gasteiger partial charge in [0.05, 0.1) is 0 Å². The molecule has 0 radical (unpaired) electrons. The molecule has 0 saturated heterocycles. The quantitative estimate of drug-likeness (QED) is 0.537. The molecule has 0 aliphatic heterocycles. The molecule has 0 fully saturated rings. The molecule has 16 heavy (non-hydrogen) atoms. The predicted octanol–water partition coefficient (Wildman–Crippen LogP) is 2.78. The summed E-state index contributed by atoms with van der Waals surface area (Å²) in [6, 6.07) is 10.1. The Morgan fingerprint density at radius 1 is 1.38 bits per heavy atom. The minimum absolute atomic E-state index is 0.0575. The smallest absolute Gasteiger partial charge is 0.154 e. The molecule has 1 rings (SSSR count). The van der Waals surface area contributed by atoms with Crippen LogP contribution in [0.3, 0.4) is 0 Å². The monoisotopic (exact) mass is 215 g/mol. The van der Waals surface area contributed by atoms with Gasteiger partial charge >= 0.3 is 0 Å². The van der Waals surface area contributed by atoms with Crippen LogP contribution in [-0.2, 0) is 11.3 Å². The number of benzene rings is 1. The summed E-state index contributed by atoms with van der Waals surface area (Å²) in [6.45, 7) is 6.78. The van der Waals surface area contributed by atoms with E-state index >= 15 is 0 Å². The van der Waals surface area contributed by atoms with Gasteiger partial charge in [0, 0.05) is 19.3 Å². The van der Waals surface area contributed by atoms with Crippen molar-refractivity contribution in [3.8, 4) is 0 Å². The first-order chi connectivity index (χ1) is 7.72. The standard InChI is InChI=1S/C14H17NO/c1-3-10-15(11-9-13(2)16)12-14-7-5-4-6-8-14/h3-9,11H,1,10,12H2,2H3/b11-9+. The van der Waals surface area contributed by atoms with E-state index in [0.717, 1.165) is 13.1 Å². The van der Waals surface area contributed by atoms with Crippen LogP contribution in [0.25, 0.3) is 0 Å². The summed E-state index contributed by atoms with van der Waals surface area (Å²) in [6.07, 6.45) is 5.22. The van der Waals surface area contributed by atoms with Gasteiger partial charge in [-0.25, -0.2) is 0 Å².